The predicted octanol–water partition coefficient (Wildman–Crippen LogP) is 4.66. The molecule has 9 heteroatoms. The van der Waals surface area contributed by atoms with Gasteiger partial charge in [0.25, 0.3) is 5.91 Å². The van der Waals surface area contributed by atoms with Crippen molar-refractivity contribution in [2.75, 3.05) is 24.7 Å². The van der Waals surface area contributed by atoms with E-state index in [1.54, 1.807) is 59.1 Å². The molecule has 0 aliphatic heterocycles. The first kappa shape index (κ1) is 29.0. The molecule has 0 aliphatic rings. The van der Waals surface area contributed by atoms with Crippen molar-refractivity contribution in [3.8, 4) is 5.75 Å². The molecule has 2 aromatic carbocycles. The van der Waals surface area contributed by atoms with Crippen LogP contribution in [0.25, 0.3) is 0 Å². The minimum atomic E-state index is -0.981. The minimum Gasteiger partial charge on any atom is -0.497 e. The molecule has 0 radical (unpaired) electrons. The maximum absolute atomic E-state index is 13.7. The monoisotopic (exact) mass is 515 g/mol. The summed E-state index contributed by atoms with van der Waals surface area (Å²) in [6.07, 6.45) is -0.725. The highest BCUT2D eigenvalue weighted by molar-refractivity contribution is 7.80. The molecule has 0 aromatic heterocycles. The minimum absolute atomic E-state index is 0.0360. The number of amides is 3. The second-order valence-electron chi connectivity index (χ2n) is 9.49. The number of carbonyl (C=O) groups is 3. The quantitative estimate of drug-likeness (QED) is 0.422. The van der Waals surface area contributed by atoms with Crippen molar-refractivity contribution in [2.24, 2.45) is 0 Å². The van der Waals surface area contributed by atoms with Crippen LogP contribution in [0.1, 0.15) is 50.4 Å². The second-order valence-corrected chi connectivity index (χ2v) is 9.85. The molecule has 0 spiro atoms. The van der Waals surface area contributed by atoms with Gasteiger partial charge >= 0.3 is 6.09 Å². The van der Waals surface area contributed by atoms with E-state index in [0.717, 1.165) is 11.1 Å². The van der Waals surface area contributed by atoms with Crippen LogP contribution < -0.4 is 15.4 Å². The van der Waals surface area contributed by atoms with Gasteiger partial charge in [-0.3, -0.25) is 9.59 Å². The summed E-state index contributed by atoms with van der Waals surface area (Å²) < 4.78 is 10.5. The Morgan fingerprint density at radius 1 is 1.06 bits per heavy atom. The molecular formula is C27H37N3O5S. The molecule has 2 N–H and O–H groups in total. The van der Waals surface area contributed by atoms with Crippen LogP contribution in [-0.4, -0.2) is 53.9 Å². The average Bonchev–Trinajstić information content (AvgIpc) is 2.80. The van der Waals surface area contributed by atoms with Gasteiger partial charge in [0.05, 0.1) is 7.11 Å². The third kappa shape index (κ3) is 7.91. The highest BCUT2D eigenvalue weighted by Crippen LogP contribution is 2.28. The lowest BCUT2D eigenvalue weighted by Crippen LogP contribution is -2.53. The summed E-state index contributed by atoms with van der Waals surface area (Å²) in [5, 5.41) is 5.51. The molecule has 0 fully saturated rings. The molecular weight excluding hydrogens is 478 g/mol. The maximum atomic E-state index is 13.7. The number of nitrogens with zero attached hydrogens (tertiary/aromatic N) is 1. The summed E-state index contributed by atoms with van der Waals surface area (Å²) in [5.74, 6) is -0.117. The van der Waals surface area contributed by atoms with Gasteiger partial charge in [-0.05, 0) is 76.9 Å². The first-order valence-electron chi connectivity index (χ1n) is 11.8. The number of hydrogen-bond donors (Lipinski definition) is 3. The van der Waals surface area contributed by atoms with Crippen LogP contribution in [0, 0.1) is 13.8 Å². The SMILES string of the molecule is CCN(C(=O)C(CS)NC(=O)OC(C)(C)C)C(C(=O)Nc1ccc(OC)cc1)c1ccc(C)cc1C. The van der Waals surface area contributed by atoms with Crippen molar-refractivity contribution in [2.45, 2.75) is 59.2 Å². The van der Waals surface area contributed by atoms with E-state index in [1.165, 1.54) is 4.90 Å². The van der Waals surface area contributed by atoms with Crippen LogP contribution >= 0.6 is 12.6 Å². The van der Waals surface area contributed by atoms with Gasteiger partial charge in [0.2, 0.25) is 5.91 Å². The fourth-order valence-corrected chi connectivity index (χ4v) is 4.02. The smallest absolute Gasteiger partial charge is 0.408 e. The third-order valence-corrected chi connectivity index (χ3v) is 5.80. The predicted molar refractivity (Wildman–Crippen MR) is 145 cm³/mol. The Bertz CT molecular complexity index is 1070. The zero-order chi connectivity index (χ0) is 27.0. The van der Waals surface area contributed by atoms with E-state index in [1.807, 2.05) is 32.0 Å². The Balaban J connectivity index is 2.42. The summed E-state index contributed by atoms with van der Waals surface area (Å²) in [4.78, 5) is 41.1. The number of methoxy groups -OCH3 is 1. The van der Waals surface area contributed by atoms with Crippen LogP contribution in [0.5, 0.6) is 5.75 Å². The Kier molecular flexibility index (Phi) is 10.2. The number of alkyl carbamates (subject to hydrolysis) is 1. The lowest BCUT2D eigenvalue weighted by Gasteiger charge is -2.34. The number of nitrogens with one attached hydrogen (secondary N) is 2. The van der Waals surface area contributed by atoms with Crippen molar-refractivity contribution in [1.29, 1.82) is 0 Å². The first-order chi connectivity index (χ1) is 16.9. The molecule has 2 atom stereocenters. The zero-order valence-corrected chi connectivity index (χ0v) is 22.9. The highest BCUT2D eigenvalue weighted by atomic mass is 32.1. The Morgan fingerprint density at radius 2 is 1.69 bits per heavy atom. The van der Waals surface area contributed by atoms with E-state index in [9.17, 15) is 14.4 Å². The van der Waals surface area contributed by atoms with E-state index in [2.05, 4.69) is 23.3 Å². The van der Waals surface area contributed by atoms with E-state index in [4.69, 9.17) is 9.47 Å². The van der Waals surface area contributed by atoms with Crippen molar-refractivity contribution in [1.82, 2.24) is 10.2 Å². The summed E-state index contributed by atoms with van der Waals surface area (Å²) in [6.45, 7) is 11.1. The molecule has 2 aromatic rings. The van der Waals surface area contributed by atoms with Gasteiger partial charge in [0.15, 0.2) is 0 Å². The molecule has 0 bridgehead atoms. The molecule has 196 valence electrons. The molecule has 0 saturated carbocycles. The van der Waals surface area contributed by atoms with Gasteiger partial charge < -0.3 is 25.0 Å². The topological polar surface area (TPSA) is 97.0 Å². The van der Waals surface area contributed by atoms with Crippen molar-refractivity contribution >= 4 is 36.2 Å². The largest absolute Gasteiger partial charge is 0.497 e. The molecule has 0 aliphatic carbocycles. The lowest BCUT2D eigenvalue weighted by molar-refractivity contribution is -0.140. The Morgan fingerprint density at radius 3 is 2.19 bits per heavy atom. The molecule has 0 saturated heterocycles. The highest BCUT2D eigenvalue weighted by Gasteiger charge is 2.35. The number of likely N-dealkylation sites (N-methyl/N-ethyl adjacent to an activating group) is 1. The van der Waals surface area contributed by atoms with Gasteiger partial charge in [-0.1, -0.05) is 23.8 Å². The summed E-state index contributed by atoms with van der Waals surface area (Å²) in [6, 6.07) is 10.8. The standard InChI is InChI=1S/C27H37N3O5S/c1-8-30(25(32)22(16-36)29-26(33)35-27(4,5)6)23(21-14-9-17(2)15-18(21)3)24(31)28-19-10-12-20(34-7)13-11-19/h9-15,22-23,36H,8,16H2,1-7H3,(H,28,31)(H,29,33). The average molecular weight is 516 g/mol. The van der Waals surface area contributed by atoms with E-state index >= 15 is 0 Å². The Labute approximate surface area is 219 Å². The summed E-state index contributed by atoms with van der Waals surface area (Å²) in [7, 11) is 1.57. The third-order valence-electron chi connectivity index (χ3n) is 5.43. The summed E-state index contributed by atoms with van der Waals surface area (Å²) >= 11 is 4.28. The van der Waals surface area contributed by atoms with Crippen LogP contribution in [-0.2, 0) is 14.3 Å². The number of aryl methyl sites for hydroxylation is 2. The van der Waals surface area contributed by atoms with Crippen molar-refractivity contribution in [3.05, 3.63) is 59.2 Å². The molecule has 36 heavy (non-hydrogen) atoms. The van der Waals surface area contributed by atoms with Gasteiger partial charge in [-0.15, -0.1) is 0 Å². The first-order valence-corrected chi connectivity index (χ1v) is 12.5. The van der Waals surface area contributed by atoms with Crippen molar-refractivity contribution < 1.29 is 23.9 Å². The molecule has 2 rings (SSSR count). The number of anilines is 1. The number of hydrogen-bond acceptors (Lipinski definition) is 6. The van der Waals surface area contributed by atoms with Crippen molar-refractivity contribution in [3.63, 3.8) is 0 Å². The number of carbonyl (C=O) groups excluding carboxylic acids is 3. The number of rotatable bonds is 9. The van der Waals surface area contributed by atoms with Crippen LogP contribution in [0.3, 0.4) is 0 Å². The number of ether oxygens (including phenoxy) is 2. The van der Waals surface area contributed by atoms with Gasteiger partial charge in [0, 0.05) is 18.0 Å². The molecule has 2 unspecified atom stereocenters. The normalized spacial score (nSPS) is 12.8. The fourth-order valence-electron chi connectivity index (χ4n) is 3.77. The Hall–Kier alpha value is -3.20. The van der Waals surface area contributed by atoms with Gasteiger partial charge in [0.1, 0.15) is 23.4 Å². The van der Waals surface area contributed by atoms with Crippen LogP contribution in [0.2, 0.25) is 0 Å². The molecule has 0 heterocycles. The fraction of sp³-hybridized carbons (Fsp3) is 0.444. The van der Waals surface area contributed by atoms with E-state index < -0.39 is 29.7 Å². The molecule has 8 nitrogen and oxygen atoms in total. The lowest BCUT2D eigenvalue weighted by atomic mass is 9.96. The zero-order valence-electron chi connectivity index (χ0n) is 22.0. The van der Waals surface area contributed by atoms with E-state index in [0.29, 0.717) is 17.0 Å². The maximum Gasteiger partial charge on any atom is 0.408 e. The van der Waals surface area contributed by atoms with Gasteiger partial charge in [-0.2, -0.15) is 12.6 Å². The molecule has 3 amide bonds. The number of thiol groups is 1. The van der Waals surface area contributed by atoms with E-state index in [-0.39, 0.29) is 18.2 Å². The summed E-state index contributed by atoms with van der Waals surface area (Å²) in [5.41, 5.74) is 2.45. The van der Waals surface area contributed by atoms with Crippen LogP contribution in [0.15, 0.2) is 42.5 Å². The van der Waals surface area contributed by atoms with Crippen LogP contribution in [0.4, 0.5) is 10.5 Å². The second kappa shape index (κ2) is 12.7. The van der Waals surface area contributed by atoms with Gasteiger partial charge in [-0.25, -0.2) is 4.79 Å². The number of benzene rings is 2.